The summed E-state index contributed by atoms with van der Waals surface area (Å²) < 4.78 is 0. The van der Waals surface area contributed by atoms with Gasteiger partial charge in [-0.25, -0.2) is 19.2 Å². The molecule has 0 saturated heterocycles. The fourth-order valence-electron chi connectivity index (χ4n) is 3.02. The van der Waals surface area contributed by atoms with E-state index in [-0.39, 0.29) is 33.4 Å². The Labute approximate surface area is 169 Å². The maximum absolute atomic E-state index is 11.9. The highest BCUT2D eigenvalue weighted by atomic mass is 16.4. The van der Waals surface area contributed by atoms with Crippen molar-refractivity contribution in [3.8, 4) is 22.3 Å². The lowest BCUT2D eigenvalue weighted by molar-refractivity contribution is 0.0682. The second-order valence-electron chi connectivity index (χ2n) is 6.32. The predicted molar refractivity (Wildman–Crippen MR) is 105 cm³/mol. The molecule has 0 aliphatic rings. The minimum atomic E-state index is -1.30. The van der Waals surface area contributed by atoms with Crippen LogP contribution in [0.4, 0.5) is 0 Å². The van der Waals surface area contributed by atoms with Crippen molar-refractivity contribution in [2.75, 3.05) is 0 Å². The smallest absolute Gasteiger partial charge is 0.336 e. The van der Waals surface area contributed by atoms with E-state index in [1.807, 2.05) is 0 Å². The summed E-state index contributed by atoms with van der Waals surface area (Å²) in [5, 5.41) is 37.4. The van der Waals surface area contributed by atoms with Crippen molar-refractivity contribution in [3.63, 3.8) is 0 Å². The molecule has 30 heavy (non-hydrogen) atoms. The van der Waals surface area contributed by atoms with E-state index in [0.717, 1.165) is 0 Å². The number of aromatic carboxylic acids is 4. The molecule has 3 aromatic carbocycles. The second kappa shape index (κ2) is 7.88. The number of carboxylic acids is 4. The van der Waals surface area contributed by atoms with E-state index < -0.39 is 23.9 Å². The van der Waals surface area contributed by atoms with Gasteiger partial charge in [0.1, 0.15) is 0 Å². The van der Waals surface area contributed by atoms with Gasteiger partial charge in [0.05, 0.1) is 22.3 Å². The summed E-state index contributed by atoms with van der Waals surface area (Å²) in [6, 6.07) is 13.2. The Morgan fingerprint density at radius 1 is 0.467 bits per heavy atom. The molecule has 3 aromatic rings. The van der Waals surface area contributed by atoms with Crippen LogP contribution in [-0.4, -0.2) is 44.3 Å². The third kappa shape index (κ3) is 3.88. The standard InChI is InChI=1S/C22H14O8/c23-19(24)13-5-1-11(2-6-13)15-9-18(22(29)30)16(10-17(15)21(27)28)12-3-7-14(8-4-12)20(25)26/h1-10H,(H,23,24)(H,25,26)(H,27,28)(H,29,30). The van der Waals surface area contributed by atoms with Gasteiger partial charge in [-0.05, 0) is 58.7 Å². The van der Waals surface area contributed by atoms with Gasteiger partial charge in [-0.15, -0.1) is 0 Å². The molecular formula is C22H14O8. The zero-order chi connectivity index (χ0) is 22.0. The number of hydrogen-bond donors (Lipinski definition) is 4. The summed E-state index contributed by atoms with van der Waals surface area (Å²) >= 11 is 0. The normalized spacial score (nSPS) is 10.4. The van der Waals surface area contributed by atoms with Gasteiger partial charge in [-0.2, -0.15) is 0 Å². The summed E-state index contributed by atoms with van der Waals surface area (Å²) in [6.07, 6.45) is 0. The Kier molecular flexibility index (Phi) is 5.33. The average Bonchev–Trinajstić information content (AvgIpc) is 2.72. The van der Waals surface area contributed by atoms with Crippen LogP contribution in [0.15, 0.2) is 60.7 Å². The van der Waals surface area contributed by atoms with Crippen molar-refractivity contribution in [2.24, 2.45) is 0 Å². The first-order chi connectivity index (χ1) is 14.2. The van der Waals surface area contributed by atoms with Crippen LogP contribution in [0, 0.1) is 0 Å². The highest BCUT2D eigenvalue weighted by Gasteiger charge is 2.21. The summed E-state index contributed by atoms with van der Waals surface area (Å²) in [5.41, 5.74) is 0.556. The Bertz CT molecular complexity index is 1080. The largest absolute Gasteiger partial charge is 0.478 e. The van der Waals surface area contributed by atoms with E-state index in [0.29, 0.717) is 11.1 Å². The zero-order valence-electron chi connectivity index (χ0n) is 15.2. The van der Waals surface area contributed by atoms with Gasteiger partial charge in [0.2, 0.25) is 0 Å². The fourth-order valence-corrected chi connectivity index (χ4v) is 3.02. The maximum Gasteiger partial charge on any atom is 0.336 e. The average molecular weight is 406 g/mol. The molecule has 0 bridgehead atoms. The summed E-state index contributed by atoms with van der Waals surface area (Å²) in [7, 11) is 0. The predicted octanol–water partition coefficient (Wildman–Crippen LogP) is 3.81. The third-order valence-corrected chi connectivity index (χ3v) is 4.50. The minimum Gasteiger partial charge on any atom is -0.478 e. The topological polar surface area (TPSA) is 149 Å². The first-order valence-electron chi connectivity index (χ1n) is 8.51. The molecule has 0 spiro atoms. The van der Waals surface area contributed by atoms with Gasteiger partial charge in [0, 0.05) is 0 Å². The quantitative estimate of drug-likeness (QED) is 0.483. The molecule has 8 nitrogen and oxygen atoms in total. The molecule has 150 valence electrons. The molecule has 0 heterocycles. The molecular weight excluding hydrogens is 392 g/mol. The van der Waals surface area contributed by atoms with Gasteiger partial charge in [0.15, 0.2) is 0 Å². The molecule has 4 N–H and O–H groups in total. The second-order valence-corrected chi connectivity index (χ2v) is 6.32. The van der Waals surface area contributed by atoms with Crippen molar-refractivity contribution in [1.82, 2.24) is 0 Å². The Morgan fingerprint density at radius 2 is 0.767 bits per heavy atom. The van der Waals surface area contributed by atoms with Crippen molar-refractivity contribution < 1.29 is 39.6 Å². The molecule has 0 radical (unpaired) electrons. The fraction of sp³-hybridized carbons (Fsp3) is 0. The van der Waals surface area contributed by atoms with Crippen LogP contribution in [0.3, 0.4) is 0 Å². The lowest BCUT2D eigenvalue weighted by Crippen LogP contribution is -2.07. The Hall–Kier alpha value is -4.46. The van der Waals surface area contributed by atoms with Gasteiger partial charge < -0.3 is 20.4 Å². The summed E-state index contributed by atoms with van der Waals surface area (Å²) in [6.45, 7) is 0. The van der Waals surface area contributed by atoms with Crippen molar-refractivity contribution >= 4 is 23.9 Å². The number of carboxylic acid groups (broad SMARTS) is 4. The molecule has 0 atom stereocenters. The minimum absolute atomic E-state index is 0.00391. The van der Waals surface area contributed by atoms with Gasteiger partial charge in [-0.1, -0.05) is 24.3 Å². The van der Waals surface area contributed by atoms with Gasteiger partial charge in [-0.3, -0.25) is 0 Å². The van der Waals surface area contributed by atoms with Crippen LogP contribution in [0.1, 0.15) is 41.4 Å². The third-order valence-electron chi connectivity index (χ3n) is 4.50. The van der Waals surface area contributed by atoms with Crippen LogP contribution in [0.25, 0.3) is 22.3 Å². The monoisotopic (exact) mass is 406 g/mol. The van der Waals surface area contributed by atoms with Crippen LogP contribution in [0.2, 0.25) is 0 Å². The number of hydrogen-bond acceptors (Lipinski definition) is 4. The van der Waals surface area contributed by atoms with E-state index in [1.54, 1.807) is 0 Å². The molecule has 0 unspecified atom stereocenters. The van der Waals surface area contributed by atoms with Gasteiger partial charge in [0.25, 0.3) is 0 Å². The van der Waals surface area contributed by atoms with Crippen molar-refractivity contribution in [1.29, 1.82) is 0 Å². The highest BCUT2D eigenvalue weighted by Crippen LogP contribution is 2.33. The van der Waals surface area contributed by atoms with E-state index in [4.69, 9.17) is 10.2 Å². The molecule has 8 heteroatoms. The number of benzene rings is 3. The lowest BCUT2D eigenvalue weighted by atomic mass is 9.90. The van der Waals surface area contributed by atoms with Crippen LogP contribution in [-0.2, 0) is 0 Å². The van der Waals surface area contributed by atoms with Crippen molar-refractivity contribution in [3.05, 3.63) is 82.9 Å². The molecule has 0 fully saturated rings. The van der Waals surface area contributed by atoms with E-state index in [9.17, 15) is 29.4 Å². The summed E-state index contributed by atoms with van der Waals surface area (Å²) in [4.78, 5) is 45.8. The van der Waals surface area contributed by atoms with Crippen molar-refractivity contribution in [2.45, 2.75) is 0 Å². The Balaban J connectivity index is 2.22. The molecule has 0 saturated carbocycles. The maximum atomic E-state index is 11.9. The first kappa shape index (κ1) is 20.3. The van der Waals surface area contributed by atoms with Gasteiger partial charge >= 0.3 is 23.9 Å². The van der Waals surface area contributed by atoms with Crippen LogP contribution >= 0.6 is 0 Å². The lowest BCUT2D eigenvalue weighted by Gasteiger charge is -2.13. The molecule has 0 aromatic heterocycles. The highest BCUT2D eigenvalue weighted by molar-refractivity contribution is 6.04. The van der Waals surface area contributed by atoms with Crippen LogP contribution in [0.5, 0.6) is 0 Å². The molecule has 3 rings (SSSR count). The van der Waals surface area contributed by atoms with E-state index in [2.05, 4.69) is 0 Å². The molecule has 0 amide bonds. The number of rotatable bonds is 6. The molecule has 0 aliphatic carbocycles. The van der Waals surface area contributed by atoms with Crippen LogP contribution < -0.4 is 0 Å². The zero-order valence-corrected chi connectivity index (χ0v) is 15.2. The first-order valence-corrected chi connectivity index (χ1v) is 8.51. The summed E-state index contributed by atoms with van der Waals surface area (Å²) in [5.74, 6) is -4.89. The number of carbonyl (C=O) groups is 4. The van der Waals surface area contributed by atoms with E-state index >= 15 is 0 Å². The molecule has 0 aliphatic heterocycles. The Morgan fingerprint density at radius 3 is 1.00 bits per heavy atom. The van der Waals surface area contributed by atoms with E-state index in [1.165, 1.54) is 60.7 Å². The SMILES string of the molecule is O=C(O)c1ccc(-c2cc(C(=O)O)c(-c3ccc(C(=O)O)cc3)cc2C(=O)O)cc1.